The van der Waals surface area contributed by atoms with Crippen LogP contribution in [0.3, 0.4) is 0 Å². The van der Waals surface area contributed by atoms with E-state index in [9.17, 15) is 10.1 Å². The van der Waals surface area contributed by atoms with Gasteiger partial charge in [0.05, 0.1) is 21.4 Å². The summed E-state index contributed by atoms with van der Waals surface area (Å²) in [7, 11) is 0. The molecule has 1 aromatic rings. The molecule has 18 heavy (non-hydrogen) atoms. The minimum Gasteiger partial charge on any atom is -0.311 e. The summed E-state index contributed by atoms with van der Waals surface area (Å²) in [5.74, 6) is 0. The Morgan fingerprint density at radius 3 is 2.83 bits per heavy atom. The zero-order valence-corrected chi connectivity index (χ0v) is 10.7. The average molecular weight is 262 g/mol. The van der Waals surface area contributed by atoms with E-state index in [1.54, 1.807) is 36.2 Å². The number of hydrogen-bond acceptors (Lipinski definition) is 4. The van der Waals surface area contributed by atoms with E-state index in [0.29, 0.717) is 6.54 Å². The summed E-state index contributed by atoms with van der Waals surface area (Å²) in [6.07, 6.45) is 4.32. The molecule has 2 rings (SSSR count). The Bertz CT molecular complexity index is 502. The zero-order chi connectivity index (χ0) is 13.1. The second-order valence-corrected chi connectivity index (χ2v) is 5.16. The van der Waals surface area contributed by atoms with Crippen LogP contribution in [0.25, 0.3) is 0 Å². The van der Waals surface area contributed by atoms with Crippen molar-refractivity contribution in [1.29, 1.82) is 0 Å². The van der Waals surface area contributed by atoms with Crippen LogP contribution in [-0.2, 0) is 0 Å². The molecule has 0 aromatic heterocycles. The highest BCUT2D eigenvalue weighted by atomic mass is 32.2. The van der Waals surface area contributed by atoms with E-state index in [-0.39, 0.29) is 15.9 Å². The number of nitro groups is 1. The summed E-state index contributed by atoms with van der Waals surface area (Å²) in [5.41, 5.74) is 1.91. The average Bonchev–Trinajstić information content (AvgIpc) is 2.69. The Balaban J connectivity index is 2.50. The molecule has 1 aliphatic heterocycles. The van der Waals surface area contributed by atoms with Crippen molar-refractivity contribution in [3.05, 3.63) is 59.2 Å². The topological polar surface area (TPSA) is 46.4 Å². The van der Waals surface area contributed by atoms with E-state index in [1.165, 1.54) is 0 Å². The summed E-state index contributed by atoms with van der Waals surface area (Å²) in [6.45, 7) is 8.11. The van der Waals surface area contributed by atoms with Crippen LogP contribution in [0, 0.1) is 10.1 Å². The predicted molar refractivity (Wildman–Crippen MR) is 75.8 cm³/mol. The second-order valence-electron chi connectivity index (χ2n) is 3.94. The Labute approximate surface area is 110 Å². The molecule has 94 valence electrons. The lowest BCUT2D eigenvalue weighted by Crippen LogP contribution is -2.10. The molecule has 1 heterocycles. The van der Waals surface area contributed by atoms with Crippen molar-refractivity contribution in [2.24, 2.45) is 0 Å². The van der Waals surface area contributed by atoms with Gasteiger partial charge in [-0.1, -0.05) is 18.2 Å². The van der Waals surface area contributed by atoms with Gasteiger partial charge in [-0.2, -0.15) is 0 Å². The van der Waals surface area contributed by atoms with Crippen molar-refractivity contribution in [2.75, 3.05) is 10.8 Å². The van der Waals surface area contributed by atoms with Crippen molar-refractivity contribution in [1.82, 2.24) is 0 Å². The van der Waals surface area contributed by atoms with Crippen molar-refractivity contribution >= 4 is 23.3 Å². The summed E-state index contributed by atoms with van der Waals surface area (Å²) in [4.78, 5) is 10.8. The highest BCUT2D eigenvalue weighted by Gasteiger charge is 2.34. The van der Waals surface area contributed by atoms with Gasteiger partial charge >= 0.3 is 0 Å². The summed E-state index contributed by atoms with van der Waals surface area (Å²) in [5, 5.41) is 11.2. The smallest absolute Gasteiger partial charge is 0.275 e. The molecular formula is C13H14N2O2S. The number of nitro benzene ring substituents is 1. The van der Waals surface area contributed by atoms with Crippen molar-refractivity contribution in [3.63, 3.8) is 0 Å². The van der Waals surface area contributed by atoms with E-state index < -0.39 is 0 Å². The Morgan fingerprint density at radius 2 is 2.22 bits per heavy atom. The third kappa shape index (κ3) is 2.13. The Hall–Kier alpha value is -1.75. The maximum absolute atomic E-state index is 11.1. The maximum atomic E-state index is 11.1. The van der Waals surface area contributed by atoms with Crippen LogP contribution in [0.4, 0.5) is 11.4 Å². The van der Waals surface area contributed by atoms with E-state index >= 15 is 0 Å². The highest BCUT2D eigenvalue weighted by molar-refractivity contribution is 8.01. The number of fused-ring (bicyclic) bond motifs is 1. The van der Waals surface area contributed by atoms with E-state index in [0.717, 1.165) is 17.7 Å². The van der Waals surface area contributed by atoms with Gasteiger partial charge in [0, 0.05) is 12.6 Å². The van der Waals surface area contributed by atoms with Crippen LogP contribution in [0.1, 0.15) is 17.2 Å². The number of allylic oxidation sites excluding steroid dienone is 1. The fourth-order valence-electron chi connectivity index (χ4n) is 2.08. The van der Waals surface area contributed by atoms with Crippen LogP contribution in [0.15, 0.2) is 43.5 Å². The molecule has 0 saturated carbocycles. The Kier molecular flexibility index (Phi) is 3.72. The third-order valence-electron chi connectivity index (χ3n) is 2.78. The number of benzene rings is 1. The first-order chi connectivity index (χ1) is 8.69. The lowest BCUT2D eigenvalue weighted by molar-refractivity contribution is -0.385. The van der Waals surface area contributed by atoms with Crippen LogP contribution in [0.5, 0.6) is 0 Å². The second kappa shape index (κ2) is 5.27. The first-order valence-corrected chi connectivity index (χ1v) is 6.46. The monoisotopic (exact) mass is 262 g/mol. The molecule has 0 saturated heterocycles. The SMILES string of the molecule is C=CCC1SN(CC=C)c2cccc([N+](=O)[O-])c21. The standard InChI is InChI=1S/C13H14N2O2S/c1-3-6-12-13-10(14(18-12)9-4-2)7-5-8-11(13)15(16)17/h3-5,7-8,12H,1-2,6,9H2. The van der Waals surface area contributed by atoms with Crippen LogP contribution in [0.2, 0.25) is 0 Å². The van der Waals surface area contributed by atoms with Gasteiger partial charge in [-0.05, 0) is 24.4 Å². The quantitative estimate of drug-likeness (QED) is 0.350. The molecule has 1 aliphatic rings. The van der Waals surface area contributed by atoms with E-state index in [2.05, 4.69) is 13.2 Å². The van der Waals surface area contributed by atoms with Crippen molar-refractivity contribution in [3.8, 4) is 0 Å². The van der Waals surface area contributed by atoms with Crippen LogP contribution >= 0.6 is 11.9 Å². The normalized spacial score (nSPS) is 17.3. The molecule has 0 aliphatic carbocycles. The van der Waals surface area contributed by atoms with E-state index in [1.807, 2.05) is 10.4 Å². The molecule has 4 nitrogen and oxygen atoms in total. The number of rotatable bonds is 5. The largest absolute Gasteiger partial charge is 0.311 e. The molecule has 0 radical (unpaired) electrons. The summed E-state index contributed by atoms with van der Waals surface area (Å²) >= 11 is 1.61. The molecule has 0 N–H and O–H groups in total. The van der Waals surface area contributed by atoms with Gasteiger partial charge in [-0.15, -0.1) is 13.2 Å². The van der Waals surface area contributed by atoms with Gasteiger partial charge in [0.25, 0.3) is 5.69 Å². The van der Waals surface area contributed by atoms with E-state index in [4.69, 9.17) is 0 Å². The molecule has 5 heteroatoms. The van der Waals surface area contributed by atoms with Gasteiger partial charge in [0.1, 0.15) is 0 Å². The third-order valence-corrected chi connectivity index (χ3v) is 4.06. The van der Waals surface area contributed by atoms with Crippen LogP contribution < -0.4 is 4.31 Å². The fourth-order valence-corrected chi connectivity index (χ4v) is 3.42. The molecule has 1 unspecified atom stereocenters. The minimum absolute atomic E-state index is 0.0686. The first-order valence-electron chi connectivity index (χ1n) is 5.62. The van der Waals surface area contributed by atoms with Gasteiger partial charge in [0.2, 0.25) is 0 Å². The van der Waals surface area contributed by atoms with Crippen molar-refractivity contribution < 1.29 is 4.92 Å². The molecule has 1 atom stereocenters. The Morgan fingerprint density at radius 1 is 1.44 bits per heavy atom. The molecule has 1 aromatic carbocycles. The first kappa shape index (κ1) is 12.7. The minimum atomic E-state index is -0.313. The number of nitrogens with zero attached hydrogens (tertiary/aromatic N) is 2. The molecule has 0 spiro atoms. The molecular weight excluding hydrogens is 248 g/mol. The fraction of sp³-hybridized carbons (Fsp3) is 0.231. The summed E-state index contributed by atoms with van der Waals surface area (Å²) in [6, 6.07) is 5.21. The lowest BCUT2D eigenvalue weighted by Gasteiger charge is -2.15. The summed E-state index contributed by atoms with van der Waals surface area (Å²) < 4.78 is 2.05. The molecule has 0 bridgehead atoms. The van der Waals surface area contributed by atoms with Gasteiger partial charge < -0.3 is 4.31 Å². The zero-order valence-electron chi connectivity index (χ0n) is 9.91. The number of anilines is 1. The predicted octanol–water partition coefficient (Wildman–Crippen LogP) is 3.87. The lowest BCUT2D eigenvalue weighted by atomic mass is 10.0. The van der Waals surface area contributed by atoms with Crippen molar-refractivity contribution in [2.45, 2.75) is 11.7 Å². The van der Waals surface area contributed by atoms with Crippen LogP contribution in [-0.4, -0.2) is 11.5 Å². The van der Waals surface area contributed by atoms with Gasteiger partial charge in [0.15, 0.2) is 0 Å². The maximum Gasteiger partial charge on any atom is 0.275 e. The highest BCUT2D eigenvalue weighted by Crippen LogP contribution is 2.52. The molecule has 0 fully saturated rings. The molecule has 0 amide bonds. The van der Waals surface area contributed by atoms with Gasteiger partial charge in [-0.3, -0.25) is 10.1 Å². The number of hydrogen-bond donors (Lipinski definition) is 0. The van der Waals surface area contributed by atoms with Gasteiger partial charge in [-0.25, -0.2) is 0 Å².